The predicted molar refractivity (Wildman–Crippen MR) is 176 cm³/mol. The topological polar surface area (TPSA) is 158 Å². The van der Waals surface area contributed by atoms with Crippen molar-refractivity contribution in [1.29, 1.82) is 0 Å². The van der Waals surface area contributed by atoms with Crippen molar-refractivity contribution in [2.24, 2.45) is 9.98 Å². The summed E-state index contributed by atoms with van der Waals surface area (Å²) >= 11 is 9.65. The number of aliphatic hydroxyl groups is 2. The lowest BCUT2D eigenvalue weighted by molar-refractivity contribution is 0.261. The van der Waals surface area contributed by atoms with Gasteiger partial charge in [0.05, 0.1) is 74.5 Å². The van der Waals surface area contributed by atoms with Crippen LogP contribution in [-0.4, -0.2) is 122 Å². The summed E-state index contributed by atoms with van der Waals surface area (Å²) in [6.07, 6.45) is 0. The summed E-state index contributed by atoms with van der Waals surface area (Å²) in [5.41, 5.74) is 2.81. The molecular formula is C18H34N4O6S9. The first-order chi connectivity index (χ1) is 18.0. The first-order valence-corrected chi connectivity index (χ1v) is 21.2. The summed E-state index contributed by atoms with van der Waals surface area (Å²) in [5.74, 6) is 5.68. The summed E-state index contributed by atoms with van der Waals surface area (Å²) in [6.45, 7) is 0.271. The Morgan fingerprint density at radius 1 is 0.703 bits per heavy atom. The molecule has 2 amide bonds. The highest BCUT2D eigenvalue weighted by atomic mass is 32.2. The number of amides is 2. The van der Waals surface area contributed by atoms with Gasteiger partial charge in [-0.1, -0.05) is 23.5 Å². The van der Waals surface area contributed by atoms with Gasteiger partial charge in [-0.3, -0.25) is 28.0 Å². The fourth-order valence-electron chi connectivity index (χ4n) is 1.71. The van der Waals surface area contributed by atoms with E-state index in [9.17, 15) is 18.0 Å². The van der Waals surface area contributed by atoms with Crippen molar-refractivity contribution in [1.82, 2.24) is 10.6 Å². The van der Waals surface area contributed by atoms with E-state index in [1.165, 1.54) is 58.1 Å². The summed E-state index contributed by atoms with van der Waals surface area (Å²) in [6, 6.07) is 0. The number of hydrogen-bond acceptors (Lipinski definition) is 15. The maximum absolute atomic E-state index is 11.9. The normalized spacial score (nSPS) is 13.2. The van der Waals surface area contributed by atoms with Crippen LogP contribution in [0.4, 0.5) is 9.59 Å². The fraction of sp³-hybridized carbons (Fsp3) is 0.778. The minimum Gasteiger partial charge on any atom is -0.396 e. The van der Waals surface area contributed by atoms with Crippen LogP contribution in [0.15, 0.2) is 9.98 Å². The molecule has 0 aromatic heterocycles. The largest absolute Gasteiger partial charge is 0.396 e. The maximum atomic E-state index is 11.9. The number of hydrogen-bond donors (Lipinski definition) is 4. The lowest BCUT2D eigenvalue weighted by Gasteiger charge is -2.03. The molecule has 0 rings (SSSR count). The van der Waals surface area contributed by atoms with Crippen molar-refractivity contribution in [3.63, 3.8) is 0 Å². The second-order valence-corrected chi connectivity index (χ2v) is 16.8. The molecule has 0 heterocycles. The smallest absolute Gasteiger partial charge is 0.280 e. The highest BCUT2D eigenvalue weighted by Crippen LogP contribution is 2.14. The van der Waals surface area contributed by atoms with E-state index in [4.69, 9.17) is 10.2 Å². The van der Waals surface area contributed by atoms with Gasteiger partial charge >= 0.3 is 0 Å². The van der Waals surface area contributed by atoms with Crippen LogP contribution in [0.3, 0.4) is 0 Å². The van der Waals surface area contributed by atoms with Gasteiger partial charge in [0.15, 0.2) is 0 Å². The zero-order valence-electron chi connectivity index (χ0n) is 20.2. The molecule has 37 heavy (non-hydrogen) atoms. The fourth-order valence-corrected chi connectivity index (χ4v) is 9.36. The Kier molecular flexibility index (Phi) is 30.7. The van der Waals surface area contributed by atoms with Gasteiger partial charge in [-0.2, -0.15) is 23.5 Å². The molecule has 0 fully saturated rings. The van der Waals surface area contributed by atoms with Gasteiger partial charge < -0.3 is 20.8 Å². The number of rotatable bonds is 24. The average molecular weight is 691 g/mol. The number of carbonyl (C=O) groups excluding carboxylic acids is 2. The van der Waals surface area contributed by atoms with Crippen molar-refractivity contribution < 1.29 is 28.2 Å². The molecule has 2 unspecified atom stereocenters. The third-order valence-corrected chi connectivity index (χ3v) is 12.3. The van der Waals surface area contributed by atoms with Crippen LogP contribution in [0, 0.1) is 0 Å². The predicted octanol–water partition coefficient (Wildman–Crippen LogP) is 2.82. The number of nitrogens with zero attached hydrogens (tertiary/aromatic N) is 2. The van der Waals surface area contributed by atoms with Crippen molar-refractivity contribution in [2.45, 2.75) is 0 Å². The Morgan fingerprint density at radius 2 is 1.27 bits per heavy atom. The summed E-state index contributed by atoms with van der Waals surface area (Å²) < 4.78 is 23.6. The molecule has 0 aromatic rings. The molecule has 0 spiro atoms. The highest BCUT2D eigenvalue weighted by molar-refractivity contribution is 8.27. The van der Waals surface area contributed by atoms with Gasteiger partial charge in [0.2, 0.25) is 0 Å². The van der Waals surface area contributed by atoms with E-state index < -0.39 is 21.6 Å². The molecule has 4 N–H and O–H groups in total. The van der Waals surface area contributed by atoms with Crippen LogP contribution in [0.5, 0.6) is 0 Å². The molecule has 216 valence electrons. The molecule has 0 aliphatic carbocycles. The van der Waals surface area contributed by atoms with Gasteiger partial charge in [-0.25, -0.2) is 0 Å². The lowest BCUT2D eigenvalue weighted by atomic mass is 10.9. The van der Waals surface area contributed by atoms with Crippen molar-refractivity contribution in [3.8, 4) is 0 Å². The third kappa shape index (κ3) is 29.8. The summed E-state index contributed by atoms with van der Waals surface area (Å²) in [4.78, 5) is 31.6. The minimum absolute atomic E-state index is 0.0937. The number of thioether (sulfide) groups is 7. The second-order valence-electron chi connectivity index (χ2n) is 6.03. The van der Waals surface area contributed by atoms with Gasteiger partial charge in [0.1, 0.15) is 0 Å². The molecule has 19 heteroatoms. The Morgan fingerprint density at radius 3 is 1.89 bits per heavy atom. The van der Waals surface area contributed by atoms with Crippen molar-refractivity contribution in [2.75, 3.05) is 81.4 Å². The number of carbonyl (C=O) groups is 2. The zero-order chi connectivity index (χ0) is 27.4. The third-order valence-electron chi connectivity index (χ3n) is 3.19. The van der Waals surface area contributed by atoms with Crippen LogP contribution in [0.2, 0.25) is 0 Å². The molecule has 10 nitrogen and oxygen atoms in total. The maximum Gasteiger partial charge on any atom is 0.280 e. The molecular weight excluding hydrogens is 657 g/mol. The molecule has 0 bridgehead atoms. The van der Waals surface area contributed by atoms with Gasteiger partial charge in [0, 0.05) is 39.6 Å². The first kappa shape index (κ1) is 38.0. The summed E-state index contributed by atoms with van der Waals surface area (Å²) in [5, 5.41) is 23.4. The number of nitrogens with one attached hydrogen (secondary N) is 2. The molecule has 0 radical (unpaired) electrons. The minimum atomic E-state index is -1.23. The molecule has 0 aromatic carbocycles. The van der Waals surface area contributed by atoms with Crippen LogP contribution in [-0.2, 0) is 21.6 Å². The second kappa shape index (κ2) is 29.9. The van der Waals surface area contributed by atoms with E-state index in [-0.39, 0.29) is 23.7 Å². The van der Waals surface area contributed by atoms with E-state index >= 15 is 0 Å². The Labute approximate surface area is 253 Å². The monoisotopic (exact) mass is 690 g/mol. The van der Waals surface area contributed by atoms with E-state index in [1.54, 1.807) is 23.5 Å². The van der Waals surface area contributed by atoms with Crippen molar-refractivity contribution >= 4 is 126 Å². The Hall–Kier alpha value is 0.950. The molecule has 0 aliphatic heterocycles. The Bertz CT molecular complexity index is 707. The number of aliphatic hydroxyl groups excluding tert-OH is 2. The molecule has 0 saturated heterocycles. The molecule has 0 aliphatic rings. The zero-order valence-corrected chi connectivity index (χ0v) is 27.5. The molecule has 0 saturated carbocycles. The van der Waals surface area contributed by atoms with E-state index in [2.05, 4.69) is 20.6 Å². The Balaban J connectivity index is 3.58. The van der Waals surface area contributed by atoms with Crippen molar-refractivity contribution in [3.05, 3.63) is 0 Å². The van der Waals surface area contributed by atoms with E-state index in [1.807, 2.05) is 0 Å². The quantitative estimate of drug-likeness (QED) is 0.0508. The lowest BCUT2D eigenvalue weighted by Crippen LogP contribution is -2.18. The van der Waals surface area contributed by atoms with Crippen LogP contribution >= 0.6 is 82.3 Å². The average Bonchev–Trinajstić information content (AvgIpc) is 2.88. The number of aliphatic imine (C=N–C) groups is 2. The standard InChI is InChI=1S/C18H34N4O6S9/c23-1-3-29-5-6-34-17(25)21-11-32-10-20-14-37(28)16-33-15-35-18(26)22-12-31-9-19-13-36(27)8-7-30-4-2-24/h13-14,23-24H,1-12,15-16H2,(H,21,25)(H,22,26)/b19-13-,20-14-. The SMILES string of the molecule is O=C(NCSC/N=C\S(=O)CSCSC(=O)NCSC/N=C\S(=O)CCSCCO)SCCSCCO. The van der Waals surface area contributed by atoms with Gasteiger partial charge in [-0.15, -0.1) is 35.3 Å². The van der Waals surface area contributed by atoms with E-state index in [0.717, 1.165) is 17.5 Å². The van der Waals surface area contributed by atoms with E-state index in [0.29, 0.717) is 62.4 Å². The molecule has 2 atom stereocenters. The van der Waals surface area contributed by atoms with Crippen LogP contribution in [0.1, 0.15) is 0 Å². The first-order valence-electron chi connectivity index (χ1n) is 10.7. The highest BCUT2D eigenvalue weighted by Gasteiger charge is 2.04. The van der Waals surface area contributed by atoms with Crippen LogP contribution in [0.25, 0.3) is 0 Å². The van der Waals surface area contributed by atoms with Gasteiger partial charge in [0.25, 0.3) is 10.5 Å². The summed E-state index contributed by atoms with van der Waals surface area (Å²) in [7, 11) is -2.34. The van der Waals surface area contributed by atoms with Crippen LogP contribution < -0.4 is 10.6 Å². The van der Waals surface area contributed by atoms with Gasteiger partial charge in [-0.05, 0) is 0 Å².